The van der Waals surface area contributed by atoms with Crippen LogP contribution in [-0.4, -0.2) is 15.2 Å². The Morgan fingerprint density at radius 3 is 2.54 bits per heavy atom. The SMILES string of the molecule is [C-]#[N+]c1ccc(S(=O)(=O)NCc2ccc3c(c2)OCO3)cc1C(F)(F)F. The van der Waals surface area contributed by atoms with E-state index in [0.29, 0.717) is 23.1 Å². The van der Waals surface area contributed by atoms with E-state index >= 15 is 0 Å². The molecule has 0 unspecified atom stereocenters. The Labute approximate surface area is 147 Å². The number of benzene rings is 2. The van der Waals surface area contributed by atoms with Crippen LogP contribution in [0.4, 0.5) is 18.9 Å². The smallest absolute Gasteiger partial charge is 0.407 e. The summed E-state index contributed by atoms with van der Waals surface area (Å²) in [5.74, 6) is 0.989. The van der Waals surface area contributed by atoms with Crippen molar-refractivity contribution in [3.05, 3.63) is 58.9 Å². The molecule has 1 aliphatic rings. The molecule has 0 aliphatic carbocycles. The van der Waals surface area contributed by atoms with Crippen LogP contribution < -0.4 is 14.2 Å². The van der Waals surface area contributed by atoms with Gasteiger partial charge in [0.1, 0.15) is 0 Å². The molecule has 2 aromatic carbocycles. The van der Waals surface area contributed by atoms with Crippen LogP contribution >= 0.6 is 0 Å². The highest BCUT2D eigenvalue weighted by Gasteiger charge is 2.34. The molecule has 0 saturated heterocycles. The van der Waals surface area contributed by atoms with E-state index in [9.17, 15) is 21.6 Å². The summed E-state index contributed by atoms with van der Waals surface area (Å²) in [5, 5.41) is 0. The monoisotopic (exact) mass is 384 g/mol. The van der Waals surface area contributed by atoms with Crippen molar-refractivity contribution >= 4 is 15.7 Å². The summed E-state index contributed by atoms with van der Waals surface area (Å²) in [6.07, 6.45) is -4.83. The van der Waals surface area contributed by atoms with Crippen molar-refractivity contribution in [1.29, 1.82) is 0 Å². The zero-order valence-electron chi connectivity index (χ0n) is 13.0. The quantitative estimate of drug-likeness (QED) is 0.820. The van der Waals surface area contributed by atoms with E-state index in [1.807, 2.05) is 0 Å². The summed E-state index contributed by atoms with van der Waals surface area (Å²) >= 11 is 0. The second-order valence-corrected chi connectivity index (χ2v) is 7.07. The van der Waals surface area contributed by atoms with Gasteiger partial charge >= 0.3 is 6.18 Å². The number of hydrogen-bond donors (Lipinski definition) is 1. The van der Waals surface area contributed by atoms with Crippen molar-refractivity contribution in [1.82, 2.24) is 4.72 Å². The molecule has 1 heterocycles. The molecule has 0 aromatic heterocycles. The first-order valence-corrected chi connectivity index (χ1v) is 8.66. The van der Waals surface area contributed by atoms with E-state index in [4.69, 9.17) is 16.0 Å². The van der Waals surface area contributed by atoms with Crippen molar-refractivity contribution in [2.45, 2.75) is 17.6 Å². The number of halogens is 3. The maximum Gasteiger partial charge on any atom is 0.407 e. The van der Waals surface area contributed by atoms with E-state index in [1.54, 1.807) is 18.2 Å². The first-order valence-electron chi connectivity index (χ1n) is 7.17. The van der Waals surface area contributed by atoms with Gasteiger partial charge in [-0.25, -0.2) is 18.0 Å². The third-order valence-electron chi connectivity index (χ3n) is 3.61. The van der Waals surface area contributed by atoms with Crippen LogP contribution in [0.15, 0.2) is 41.3 Å². The number of nitrogens with zero attached hydrogens (tertiary/aromatic N) is 1. The lowest BCUT2D eigenvalue weighted by Gasteiger charge is -2.12. The van der Waals surface area contributed by atoms with Crippen molar-refractivity contribution in [2.75, 3.05) is 6.79 Å². The molecule has 1 aliphatic heterocycles. The molecule has 2 aromatic rings. The normalized spacial score (nSPS) is 13.5. The van der Waals surface area contributed by atoms with Gasteiger partial charge in [-0.2, -0.15) is 13.2 Å². The molecular weight excluding hydrogens is 373 g/mol. The van der Waals surface area contributed by atoms with E-state index in [2.05, 4.69) is 9.57 Å². The fraction of sp³-hybridized carbons (Fsp3) is 0.188. The summed E-state index contributed by atoms with van der Waals surface area (Å²) in [7, 11) is -4.21. The summed E-state index contributed by atoms with van der Waals surface area (Å²) in [6, 6.07) is 7.05. The molecule has 3 rings (SSSR count). The topological polar surface area (TPSA) is 69.0 Å². The van der Waals surface area contributed by atoms with Gasteiger partial charge in [0.25, 0.3) is 0 Å². The van der Waals surface area contributed by atoms with Gasteiger partial charge in [0, 0.05) is 6.54 Å². The predicted molar refractivity (Wildman–Crippen MR) is 84.3 cm³/mol. The molecule has 26 heavy (non-hydrogen) atoms. The average Bonchev–Trinajstić information content (AvgIpc) is 3.06. The first-order chi connectivity index (χ1) is 12.2. The van der Waals surface area contributed by atoms with Crippen molar-refractivity contribution in [2.24, 2.45) is 0 Å². The van der Waals surface area contributed by atoms with Gasteiger partial charge in [0.2, 0.25) is 16.8 Å². The van der Waals surface area contributed by atoms with Crippen LogP contribution in [0.2, 0.25) is 0 Å². The highest BCUT2D eigenvalue weighted by Crippen LogP contribution is 2.38. The molecule has 0 bridgehead atoms. The van der Waals surface area contributed by atoms with E-state index in [1.165, 1.54) is 0 Å². The van der Waals surface area contributed by atoms with E-state index in [0.717, 1.165) is 12.1 Å². The van der Waals surface area contributed by atoms with Gasteiger partial charge in [-0.15, -0.1) is 0 Å². The number of nitrogens with one attached hydrogen (secondary N) is 1. The Hall–Kier alpha value is -2.77. The van der Waals surface area contributed by atoms with Crippen LogP contribution in [0.25, 0.3) is 4.85 Å². The second-order valence-electron chi connectivity index (χ2n) is 5.30. The van der Waals surface area contributed by atoms with Gasteiger partial charge in [-0.1, -0.05) is 18.2 Å². The maximum absolute atomic E-state index is 13.0. The first kappa shape index (κ1) is 18.0. The van der Waals surface area contributed by atoms with Gasteiger partial charge in [-0.05, 0) is 23.8 Å². The molecule has 6 nitrogen and oxygen atoms in total. The number of hydrogen-bond acceptors (Lipinski definition) is 4. The molecule has 1 N–H and O–H groups in total. The zero-order chi connectivity index (χ0) is 18.9. The van der Waals surface area contributed by atoms with Gasteiger partial charge < -0.3 is 9.47 Å². The Morgan fingerprint density at radius 1 is 1.12 bits per heavy atom. The number of fused-ring (bicyclic) bond motifs is 1. The van der Waals surface area contributed by atoms with Gasteiger partial charge in [0.05, 0.1) is 17.0 Å². The Bertz CT molecular complexity index is 998. The fourth-order valence-corrected chi connectivity index (χ4v) is 3.36. The molecule has 136 valence electrons. The third-order valence-corrected chi connectivity index (χ3v) is 5.01. The molecule has 10 heteroatoms. The van der Waals surface area contributed by atoms with Crippen molar-refractivity contribution in [3.63, 3.8) is 0 Å². The number of rotatable bonds is 4. The number of sulfonamides is 1. The standard InChI is InChI=1S/C16H11F3N2O4S/c1-20-13-4-3-11(7-12(13)16(17,18)19)26(22,23)21-8-10-2-5-14-15(6-10)25-9-24-14/h2-7,21H,8-9H2. The third kappa shape index (κ3) is 3.58. The lowest BCUT2D eigenvalue weighted by atomic mass is 10.2. The molecule has 0 spiro atoms. The zero-order valence-corrected chi connectivity index (χ0v) is 13.8. The lowest BCUT2D eigenvalue weighted by molar-refractivity contribution is -0.137. The largest absolute Gasteiger partial charge is 0.454 e. The Morgan fingerprint density at radius 2 is 1.85 bits per heavy atom. The Kier molecular flexibility index (Phi) is 4.52. The number of ether oxygens (including phenoxy) is 2. The molecular formula is C16H11F3N2O4S. The van der Waals surface area contributed by atoms with Gasteiger partial charge in [0.15, 0.2) is 17.2 Å². The second kappa shape index (κ2) is 6.51. The molecule has 0 amide bonds. The summed E-state index contributed by atoms with van der Waals surface area (Å²) in [4.78, 5) is 2.20. The van der Waals surface area contributed by atoms with Crippen LogP contribution in [-0.2, 0) is 22.7 Å². The van der Waals surface area contributed by atoms with Crippen LogP contribution in [0.5, 0.6) is 11.5 Å². The molecule has 0 saturated carbocycles. The molecule has 0 atom stereocenters. The van der Waals surface area contributed by atoms with Gasteiger partial charge in [-0.3, -0.25) is 0 Å². The lowest BCUT2D eigenvalue weighted by Crippen LogP contribution is -2.23. The van der Waals surface area contributed by atoms with E-state index in [-0.39, 0.29) is 13.3 Å². The van der Waals surface area contributed by atoms with Crippen LogP contribution in [0, 0.1) is 6.57 Å². The van der Waals surface area contributed by atoms with E-state index < -0.39 is 32.3 Å². The Balaban J connectivity index is 1.83. The highest BCUT2D eigenvalue weighted by atomic mass is 32.2. The van der Waals surface area contributed by atoms with Crippen LogP contribution in [0.3, 0.4) is 0 Å². The van der Waals surface area contributed by atoms with Crippen LogP contribution in [0.1, 0.15) is 11.1 Å². The summed E-state index contributed by atoms with van der Waals surface area (Å²) < 4.78 is 76.2. The molecule has 0 fully saturated rings. The van der Waals surface area contributed by atoms with Crippen molar-refractivity contribution < 1.29 is 31.1 Å². The average molecular weight is 384 g/mol. The highest BCUT2D eigenvalue weighted by molar-refractivity contribution is 7.89. The maximum atomic E-state index is 13.0. The minimum Gasteiger partial charge on any atom is -0.454 e. The van der Waals surface area contributed by atoms with Crippen molar-refractivity contribution in [3.8, 4) is 11.5 Å². The predicted octanol–water partition coefficient (Wildman–Crippen LogP) is 3.46. The summed E-state index contributed by atoms with van der Waals surface area (Å²) in [6.45, 7) is 6.70. The fourth-order valence-electron chi connectivity index (χ4n) is 2.32. The number of alkyl halides is 3. The molecule has 0 radical (unpaired) electrons. The minimum atomic E-state index is -4.83. The minimum absolute atomic E-state index is 0.0676. The summed E-state index contributed by atoms with van der Waals surface area (Å²) in [5.41, 5.74) is -1.41.